The third kappa shape index (κ3) is 31.2. The topological polar surface area (TPSA) is 226 Å². The summed E-state index contributed by atoms with van der Waals surface area (Å²) in [7, 11) is -5.14. The number of unbranched alkanes of at least 4 members (excludes halogenated alkanes) is 31. The summed E-state index contributed by atoms with van der Waals surface area (Å²) in [5.74, 6) is -0.588. The maximum Gasteiger partial charge on any atom is 0.472 e. The van der Waals surface area contributed by atoms with Crippen molar-refractivity contribution in [2.75, 3.05) is 6.61 Å². The molecule has 0 aromatic carbocycles. The van der Waals surface area contributed by atoms with Crippen molar-refractivity contribution < 1.29 is 59.0 Å². The van der Waals surface area contributed by atoms with E-state index >= 15 is 0 Å². The molecule has 9 N–H and O–H groups in total. The van der Waals surface area contributed by atoms with E-state index < -0.39 is 75.2 Å². The van der Waals surface area contributed by atoms with Gasteiger partial charge in [-0.3, -0.25) is 13.8 Å². The molecule has 1 aliphatic carbocycles. The summed E-state index contributed by atoms with van der Waals surface area (Å²) < 4.78 is 22.9. The third-order valence-corrected chi connectivity index (χ3v) is 13.9. The SMILES string of the molecule is CCCCCCCCCCCCC/C=C/C(O)C(COP(=O)(O)OC1C(O)C(O)C(O)C(O)C1O)NC(=O)CC(O)CCCCCCCCCCCCCCCCCCCCCCC. The van der Waals surface area contributed by atoms with Crippen LogP contribution in [0, 0.1) is 0 Å². The van der Waals surface area contributed by atoms with Crippen molar-refractivity contribution in [2.24, 2.45) is 0 Å². The highest BCUT2D eigenvalue weighted by molar-refractivity contribution is 7.47. The van der Waals surface area contributed by atoms with Gasteiger partial charge >= 0.3 is 7.82 Å². The molecule has 64 heavy (non-hydrogen) atoms. The van der Waals surface area contributed by atoms with Crippen LogP contribution in [0.4, 0.5) is 0 Å². The van der Waals surface area contributed by atoms with E-state index in [2.05, 4.69) is 19.2 Å². The molecule has 1 aliphatic rings. The molecule has 1 rings (SSSR count). The van der Waals surface area contributed by atoms with Crippen LogP contribution < -0.4 is 5.32 Å². The van der Waals surface area contributed by atoms with Crippen molar-refractivity contribution in [1.82, 2.24) is 5.32 Å². The van der Waals surface area contributed by atoms with Gasteiger partial charge in [-0.1, -0.05) is 225 Å². The Labute approximate surface area is 389 Å². The Balaban J connectivity index is 2.42. The molecule has 380 valence electrons. The maximum atomic E-state index is 13.0. The van der Waals surface area contributed by atoms with Crippen molar-refractivity contribution in [3.05, 3.63) is 12.2 Å². The summed E-state index contributed by atoms with van der Waals surface area (Å²) in [5.41, 5.74) is 0. The van der Waals surface area contributed by atoms with E-state index in [-0.39, 0.29) is 6.42 Å². The second-order valence-corrected chi connectivity index (χ2v) is 20.3. The van der Waals surface area contributed by atoms with E-state index in [1.807, 2.05) is 0 Å². The lowest BCUT2D eigenvalue weighted by molar-refractivity contribution is -0.220. The predicted octanol–water partition coefficient (Wildman–Crippen LogP) is 9.76. The van der Waals surface area contributed by atoms with Crippen LogP contribution in [0.25, 0.3) is 0 Å². The number of hydrogen-bond donors (Lipinski definition) is 9. The number of hydrogen-bond acceptors (Lipinski definition) is 11. The first-order valence-electron chi connectivity index (χ1n) is 26.2. The van der Waals surface area contributed by atoms with Gasteiger partial charge in [0.1, 0.15) is 36.6 Å². The van der Waals surface area contributed by atoms with Crippen LogP contribution >= 0.6 is 7.82 Å². The highest BCUT2D eigenvalue weighted by Crippen LogP contribution is 2.47. The second-order valence-electron chi connectivity index (χ2n) is 18.9. The normalized spacial score (nSPS) is 22.7. The number of nitrogens with one attached hydrogen (secondary N) is 1. The fourth-order valence-electron chi connectivity index (χ4n) is 8.60. The average Bonchev–Trinajstić information content (AvgIpc) is 3.27. The Bertz CT molecular complexity index is 1150. The zero-order valence-corrected chi connectivity index (χ0v) is 41.4. The van der Waals surface area contributed by atoms with Gasteiger partial charge in [0.15, 0.2) is 0 Å². The van der Waals surface area contributed by atoms with Gasteiger partial charge in [0.05, 0.1) is 31.3 Å². The summed E-state index contributed by atoms with van der Waals surface area (Å²) >= 11 is 0. The molecule has 1 fully saturated rings. The van der Waals surface area contributed by atoms with E-state index in [4.69, 9.17) is 9.05 Å². The van der Waals surface area contributed by atoms with E-state index in [1.165, 1.54) is 167 Å². The number of phosphoric ester groups is 1. The smallest absolute Gasteiger partial charge is 0.393 e. The number of amides is 1. The number of carbonyl (C=O) groups excluding carboxylic acids is 1. The van der Waals surface area contributed by atoms with Gasteiger partial charge in [-0.25, -0.2) is 4.57 Å². The molecule has 0 saturated heterocycles. The number of phosphoric acid groups is 1. The minimum absolute atomic E-state index is 0.239. The minimum atomic E-state index is -5.14. The summed E-state index contributed by atoms with van der Waals surface area (Å²) in [6, 6.07) is -1.24. The van der Waals surface area contributed by atoms with Gasteiger partial charge in [0.25, 0.3) is 0 Å². The molecule has 8 atom stereocenters. The molecule has 13 nitrogen and oxygen atoms in total. The Morgan fingerprint density at radius 3 is 1.28 bits per heavy atom. The second kappa shape index (κ2) is 40.0. The fraction of sp³-hybridized carbons (Fsp3) is 0.940. The average molecular weight is 936 g/mol. The van der Waals surface area contributed by atoms with Gasteiger partial charge < -0.3 is 46.0 Å². The number of aliphatic hydroxyl groups excluding tert-OH is 7. The van der Waals surface area contributed by atoms with Crippen LogP contribution in [0.2, 0.25) is 0 Å². The molecule has 0 aromatic heterocycles. The van der Waals surface area contributed by atoms with Crippen LogP contribution in [-0.2, 0) is 18.4 Å². The molecule has 14 heteroatoms. The summed E-state index contributed by atoms with van der Waals surface area (Å²) in [6.07, 6.45) is 30.2. The molecular weight excluding hydrogens is 838 g/mol. The fourth-order valence-corrected chi connectivity index (χ4v) is 9.56. The first-order chi connectivity index (χ1) is 30.8. The largest absolute Gasteiger partial charge is 0.472 e. The van der Waals surface area contributed by atoms with Crippen LogP contribution in [0.3, 0.4) is 0 Å². The number of carbonyl (C=O) groups is 1. The van der Waals surface area contributed by atoms with Crippen LogP contribution in [0.5, 0.6) is 0 Å². The molecule has 1 amide bonds. The predicted molar refractivity (Wildman–Crippen MR) is 257 cm³/mol. The molecule has 1 saturated carbocycles. The van der Waals surface area contributed by atoms with E-state index in [0.29, 0.717) is 12.8 Å². The zero-order chi connectivity index (χ0) is 47.3. The van der Waals surface area contributed by atoms with Crippen molar-refractivity contribution >= 4 is 13.7 Å². The Morgan fingerprint density at radius 1 is 0.547 bits per heavy atom. The zero-order valence-electron chi connectivity index (χ0n) is 40.5. The highest BCUT2D eigenvalue weighted by Gasteiger charge is 2.51. The first-order valence-corrected chi connectivity index (χ1v) is 27.7. The lowest BCUT2D eigenvalue weighted by Gasteiger charge is -2.41. The van der Waals surface area contributed by atoms with Gasteiger partial charge in [0, 0.05) is 0 Å². The van der Waals surface area contributed by atoms with Crippen molar-refractivity contribution in [3.8, 4) is 0 Å². The maximum absolute atomic E-state index is 13.0. The number of aliphatic hydroxyl groups is 7. The number of rotatable bonds is 44. The first kappa shape index (κ1) is 61.1. The van der Waals surface area contributed by atoms with Gasteiger partial charge in [0.2, 0.25) is 5.91 Å². The van der Waals surface area contributed by atoms with Gasteiger partial charge in [-0.15, -0.1) is 0 Å². The lowest BCUT2D eigenvalue weighted by atomic mass is 9.85. The van der Waals surface area contributed by atoms with Crippen LogP contribution in [0.15, 0.2) is 12.2 Å². The molecule has 0 aromatic rings. The third-order valence-electron chi connectivity index (χ3n) is 12.9. The van der Waals surface area contributed by atoms with E-state index in [9.17, 15) is 50.0 Å². The van der Waals surface area contributed by atoms with E-state index in [1.54, 1.807) is 6.08 Å². The highest BCUT2D eigenvalue weighted by atomic mass is 31.2. The molecular formula is C50H98NO12P. The quantitative estimate of drug-likeness (QED) is 0.0158. The molecule has 8 unspecified atom stereocenters. The van der Waals surface area contributed by atoms with E-state index in [0.717, 1.165) is 44.9 Å². The van der Waals surface area contributed by atoms with Crippen LogP contribution in [0.1, 0.15) is 239 Å². The number of allylic oxidation sites excluding steroid dienone is 1. The molecule has 0 radical (unpaired) electrons. The van der Waals surface area contributed by atoms with Crippen LogP contribution in [-0.4, -0.2) is 108 Å². The minimum Gasteiger partial charge on any atom is -0.393 e. The van der Waals surface area contributed by atoms with Gasteiger partial charge in [-0.05, 0) is 19.3 Å². The molecule has 0 heterocycles. The van der Waals surface area contributed by atoms with Gasteiger partial charge in [-0.2, -0.15) is 0 Å². The summed E-state index contributed by atoms with van der Waals surface area (Å²) in [4.78, 5) is 23.5. The Hall–Kier alpha value is -0.960. The Morgan fingerprint density at radius 2 is 0.891 bits per heavy atom. The van der Waals surface area contributed by atoms with Crippen molar-refractivity contribution in [3.63, 3.8) is 0 Å². The Kier molecular flexibility index (Phi) is 38.1. The molecule has 0 bridgehead atoms. The van der Waals surface area contributed by atoms with Crippen molar-refractivity contribution in [2.45, 2.75) is 293 Å². The van der Waals surface area contributed by atoms with Crippen molar-refractivity contribution in [1.29, 1.82) is 0 Å². The molecule has 0 spiro atoms. The summed E-state index contributed by atoms with van der Waals surface area (Å²) in [5, 5.41) is 74.6. The standard InChI is InChI=1S/C50H98NO12P/c1-3-5-7-9-11-13-15-17-18-19-20-21-22-23-24-26-27-29-31-33-35-37-41(52)39-44(54)51-42(43(53)38-36-34-32-30-28-25-16-14-12-10-8-6-4-2)40-62-64(60,61)63-50-48(58)46(56)45(55)47(57)49(50)59/h36,38,41-43,45-50,52-53,55-59H,3-35,37,39-40H2,1-2H3,(H,51,54)(H,60,61)/b38-36+. The molecule has 0 aliphatic heterocycles. The summed E-state index contributed by atoms with van der Waals surface area (Å²) in [6.45, 7) is 3.76. The monoisotopic (exact) mass is 936 g/mol. The lowest BCUT2D eigenvalue weighted by Crippen LogP contribution is -2.64.